The number of unbranched alkanes of at least 4 members (excludes halogenated alkanes) is 4. The third-order valence-electron chi connectivity index (χ3n) is 18.6. The average molecular weight is 1320 g/mol. The first-order chi connectivity index (χ1) is 44.0. The first kappa shape index (κ1) is 87.0. The van der Waals surface area contributed by atoms with Crippen LogP contribution in [-0.4, -0.2) is 158 Å². The van der Waals surface area contributed by atoms with Gasteiger partial charge < -0.3 is 87.6 Å². The zero-order valence-corrected chi connectivity index (χ0v) is 59.1. The van der Waals surface area contributed by atoms with E-state index in [1.807, 2.05) is 48.5 Å². The monoisotopic (exact) mass is 1320 g/mol. The molecule has 0 aromatic heterocycles. The molecule has 0 radical (unpaired) electrons. The van der Waals surface area contributed by atoms with Crippen molar-refractivity contribution >= 4 is 65.0 Å². The Hall–Kier alpha value is -6.03. The molecule has 11 amide bonds. The number of hydrogen-bond acceptors (Lipinski definition) is 16. The van der Waals surface area contributed by atoms with E-state index in [2.05, 4.69) is 53.2 Å². The third-order valence-corrected chi connectivity index (χ3v) is 18.6. The summed E-state index contributed by atoms with van der Waals surface area (Å²) < 4.78 is 0. The molecule has 0 fully saturated rings. The van der Waals surface area contributed by atoms with Gasteiger partial charge in [0.15, 0.2) is 0 Å². The van der Waals surface area contributed by atoms with Gasteiger partial charge in [-0.3, -0.25) is 52.7 Å². The molecule has 0 bridgehead atoms. The number of amides is 11. The molecule has 18 atom stereocenters. The molecule has 27 heteroatoms. The molecule has 0 saturated heterocycles. The highest BCUT2D eigenvalue weighted by atomic mass is 16.2. The lowest BCUT2D eigenvalue weighted by molar-refractivity contribution is -0.138. The Bertz CT molecular complexity index is 2280. The fourth-order valence-corrected chi connectivity index (χ4v) is 10.4. The van der Waals surface area contributed by atoms with Crippen molar-refractivity contribution in [2.75, 3.05) is 26.2 Å². The van der Waals surface area contributed by atoms with Crippen molar-refractivity contribution in [1.29, 1.82) is 0 Å². The molecule has 22 N–H and O–H groups in total. The maximum atomic E-state index is 14.7. The Kier molecular flexibility index (Phi) is 44.7. The normalized spacial score (nSPS) is 17.3. The molecule has 0 aromatic rings. The molecule has 0 aliphatic heterocycles. The van der Waals surface area contributed by atoms with Crippen LogP contribution in [0.1, 0.15) is 219 Å². The van der Waals surface area contributed by atoms with Gasteiger partial charge in [0.05, 0.1) is 6.04 Å². The van der Waals surface area contributed by atoms with Crippen LogP contribution < -0.4 is 87.6 Å². The van der Waals surface area contributed by atoms with E-state index >= 15 is 0 Å². The van der Waals surface area contributed by atoms with Crippen molar-refractivity contribution in [1.82, 2.24) is 53.2 Å². The van der Waals surface area contributed by atoms with Crippen LogP contribution in [0, 0.1) is 41.4 Å². The molecule has 0 heterocycles. The summed E-state index contributed by atoms with van der Waals surface area (Å²) in [6, 6.07) is -12.5. The summed E-state index contributed by atoms with van der Waals surface area (Å²) in [5.74, 6) is -10.3. The largest absolute Gasteiger partial charge is 0.368 e. The first-order valence-electron chi connectivity index (χ1n) is 34.9. The predicted molar refractivity (Wildman–Crippen MR) is 364 cm³/mol. The lowest BCUT2D eigenvalue weighted by atomic mass is 9.93. The SMILES string of the molecule is CC[C@H](C)[C@H](NC(=O)[C@@H](NC(=O)[C@@H](NC(=O)[C@H](CCCCN)NC(=O)[C@@H](NC(=O)[C@@H](NC(=O)[C@H](CCCCN)NC(=O)[C@@H](NC(=O)[C@@H](NC(=O)[C@H](CCCCN)NC(=O)[C@@H](N)CCCCN)[C@@H](C)CC)[C@@H](C)CC)[C@@H](C)CC)[C@@H](C)CC)[C@@H](C)CC)[C@@H](C)CC)C(N)=O. The van der Waals surface area contributed by atoms with Gasteiger partial charge in [0.1, 0.15) is 60.4 Å². The van der Waals surface area contributed by atoms with Gasteiger partial charge in [-0.15, -0.1) is 0 Å². The second kappa shape index (κ2) is 47.8. The maximum Gasteiger partial charge on any atom is 0.243 e. The zero-order chi connectivity index (χ0) is 71.1. The molecule has 0 aromatic carbocycles. The average Bonchev–Trinajstić information content (AvgIpc) is 1.84. The summed E-state index contributed by atoms with van der Waals surface area (Å²) in [6.45, 7) is 26.7. The van der Waals surface area contributed by atoms with E-state index in [0.29, 0.717) is 122 Å². The highest BCUT2D eigenvalue weighted by Crippen LogP contribution is 2.19. The molecule has 0 rings (SSSR count). The van der Waals surface area contributed by atoms with E-state index in [0.717, 1.165) is 0 Å². The molecule has 0 saturated carbocycles. The Morgan fingerprint density at radius 1 is 0.258 bits per heavy atom. The second-order valence-corrected chi connectivity index (χ2v) is 25.9. The van der Waals surface area contributed by atoms with Gasteiger partial charge in [-0.1, -0.05) is 148 Å². The van der Waals surface area contributed by atoms with Crippen LogP contribution in [0.3, 0.4) is 0 Å². The number of hydrogen-bond donors (Lipinski definition) is 16. The van der Waals surface area contributed by atoms with E-state index in [1.54, 1.807) is 48.5 Å². The van der Waals surface area contributed by atoms with Crippen LogP contribution >= 0.6 is 0 Å². The van der Waals surface area contributed by atoms with Crippen LogP contribution in [-0.2, 0) is 52.7 Å². The molecular weight excluding hydrogens is 1190 g/mol. The number of rotatable bonds is 51. The minimum absolute atomic E-state index is 0.0961. The first-order valence-corrected chi connectivity index (χ1v) is 34.9. The van der Waals surface area contributed by atoms with Gasteiger partial charge in [0.25, 0.3) is 0 Å². The summed E-state index contributed by atoms with van der Waals surface area (Å²) in [7, 11) is 0. The summed E-state index contributed by atoms with van der Waals surface area (Å²) >= 11 is 0. The van der Waals surface area contributed by atoms with E-state index in [-0.39, 0.29) is 31.7 Å². The van der Waals surface area contributed by atoms with Crippen molar-refractivity contribution in [3.05, 3.63) is 0 Å². The van der Waals surface area contributed by atoms with Crippen molar-refractivity contribution in [2.45, 2.75) is 285 Å². The van der Waals surface area contributed by atoms with Gasteiger partial charge in [0.2, 0.25) is 65.0 Å². The van der Waals surface area contributed by atoms with E-state index < -0.39 is 167 Å². The fourth-order valence-electron chi connectivity index (χ4n) is 10.4. The molecule has 538 valence electrons. The number of carbonyl (C=O) groups is 11. The van der Waals surface area contributed by atoms with Crippen molar-refractivity contribution in [2.24, 2.45) is 75.8 Å². The standard InChI is InChI=1S/C66H128N16O11/c1-15-38(8)49(56(72)83)76-63(90)55(44(14)21-7)82-66(93)54(43(13)20-6)79-60(87)48(33-25-29-37-70)75-62(89)51(40(10)17-3)81-65(92)53(42(12)19-5)78-59(86)47(32-24-28-36-69)74-61(88)50(39(9)16-2)80-64(91)52(41(11)18-4)77-58(85)46(31-23-27-35-68)73-57(84)45(71)30-22-26-34-67/h38-55H,15-37,67-71H2,1-14H3,(H2,72,83)(H,73,84)(H,74,88)(H,75,89)(H,76,90)(H,77,85)(H,78,86)(H,79,87)(H,80,91)(H,81,92)(H,82,93)/t38-,39-,40-,41-,42-,43-,44-,45-,46-,47-,48-,49-,50-,51-,52-,53-,54-,55-/m0/s1. The molecule has 0 spiro atoms. The van der Waals surface area contributed by atoms with Gasteiger partial charge in [-0.25, -0.2) is 0 Å². The Labute approximate surface area is 556 Å². The van der Waals surface area contributed by atoms with Crippen LogP contribution in [0.5, 0.6) is 0 Å². The van der Waals surface area contributed by atoms with Gasteiger partial charge in [-0.2, -0.15) is 0 Å². The molecule has 0 aliphatic rings. The van der Waals surface area contributed by atoms with Gasteiger partial charge in [-0.05, 0) is 138 Å². The third kappa shape index (κ3) is 30.9. The summed E-state index contributed by atoms with van der Waals surface area (Å²) in [5, 5.41) is 28.3. The quantitative estimate of drug-likeness (QED) is 0.0384. The smallest absolute Gasteiger partial charge is 0.243 e. The Balaban J connectivity index is 7.10. The second-order valence-electron chi connectivity index (χ2n) is 25.9. The Morgan fingerprint density at radius 3 is 0.656 bits per heavy atom. The van der Waals surface area contributed by atoms with Crippen molar-refractivity contribution in [3.63, 3.8) is 0 Å². The number of carbonyl (C=O) groups excluding carboxylic acids is 11. The fraction of sp³-hybridized carbons (Fsp3) is 0.833. The van der Waals surface area contributed by atoms with Crippen LogP contribution in [0.25, 0.3) is 0 Å². The number of nitrogens with two attached hydrogens (primary N) is 6. The van der Waals surface area contributed by atoms with E-state index in [4.69, 9.17) is 34.4 Å². The minimum Gasteiger partial charge on any atom is -0.368 e. The molecule has 27 nitrogen and oxygen atoms in total. The van der Waals surface area contributed by atoms with Gasteiger partial charge >= 0.3 is 0 Å². The van der Waals surface area contributed by atoms with E-state index in [9.17, 15) is 52.7 Å². The van der Waals surface area contributed by atoms with Crippen molar-refractivity contribution in [3.8, 4) is 0 Å². The molecule has 0 aliphatic carbocycles. The van der Waals surface area contributed by atoms with Gasteiger partial charge in [0, 0.05) is 0 Å². The highest BCUT2D eigenvalue weighted by molar-refractivity contribution is 5.99. The van der Waals surface area contributed by atoms with Crippen molar-refractivity contribution < 1.29 is 52.7 Å². The summed E-state index contributed by atoms with van der Waals surface area (Å²) in [6.07, 6.45) is 8.10. The topological polar surface area (TPSA) is 464 Å². The number of nitrogens with one attached hydrogen (secondary N) is 10. The molecule has 93 heavy (non-hydrogen) atoms. The number of primary amides is 1. The predicted octanol–water partition coefficient (Wildman–Crippen LogP) is 1.49. The van der Waals surface area contributed by atoms with Crippen LogP contribution in [0.2, 0.25) is 0 Å². The van der Waals surface area contributed by atoms with Crippen LogP contribution in [0.15, 0.2) is 0 Å². The maximum absolute atomic E-state index is 14.7. The lowest BCUT2D eigenvalue weighted by Crippen LogP contribution is -2.63. The molecular formula is C66H128N16O11. The molecule has 0 unspecified atom stereocenters. The Morgan fingerprint density at radius 2 is 0.441 bits per heavy atom. The highest BCUT2D eigenvalue weighted by Gasteiger charge is 2.40. The summed E-state index contributed by atoms with van der Waals surface area (Å²) in [4.78, 5) is 156. The van der Waals surface area contributed by atoms with E-state index in [1.165, 1.54) is 0 Å². The zero-order valence-electron chi connectivity index (χ0n) is 59.1. The lowest BCUT2D eigenvalue weighted by Gasteiger charge is -2.32. The minimum atomic E-state index is -1.24. The summed E-state index contributed by atoms with van der Waals surface area (Å²) in [5.41, 5.74) is 35.0. The van der Waals surface area contributed by atoms with Crippen LogP contribution in [0.4, 0.5) is 0 Å².